The monoisotopic (exact) mass is 332 g/mol. The predicted octanol–water partition coefficient (Wildman–Crippen LogP) is 2.59. The summed E-state index contributed by atoms with van der Waals surface area (Å²) in [6.07, 6.45) is 0.512. The second-order valence-electron chi connectivity index (χ2n) is 5.89. The molecule has 7 nitrogen and oxygen atoms in total. The maximum absolute atomic E-state index is 12.1. The number of hydrogen-bond donors (Lipinski definition) is 1. The van der Waals surface area contributed by atoms with Crippen LogP contribution >= 0.6 is 0 Å². The van der Waals surface area contributed by atoms with Crippen LogP contribution in [0.1, 0.15) is 37.0 Å². The van der Waals surface area contributed by atoms with Crippen molar-refractivity contribution in [3.05, 3.63) is 41.5 Å². The summed E-state index contributed by atoms with van der Waals surface area (Å²) in [5.41, 5.74) is 1.01. The van der Waals surface area contributed by atoms with E-state index in [4.69, 9.17) is 9.26 Å². The van der Waals surface area contributed by atoms with E-state index in [0.29, 0.717) is 31.2 Å². The summed E-state index contributed by atoms with van der Waals surface area (Å²) in [6, 6.07) is 7.50. The molecule has 0 atom stereocenters. The van der Waals surface area contributed by atoms with E-state index in [2.05, 4.69) is 15.5 Å². The summed E-state index contributed by atoms with van der Waals surface area (Å²) in [4.78, 5) is 18.0. The van der Waals surface area contributed by atoms with Crippen LogP contribution in [0, 0.1) is 0 Å². The fourth-order valence-corrected chi connectivity index (χ4v) is 2.13. The normalized spacial score (nSPS) is 10.7. The predicted molar refractivity (Wildman–Crippen MR) is 90.0 cm³/mol. The third-order valence-electron chi connectivity index (χ3n) is 3.52. The van der Waals surface area contributed by atoms with Crippen LogP contribution in [0.4, 0.5) is 4.79 Å². The Labute approximate surface area is 142 Å². The van der Waals surface area contributed by atoms with E-state index < -0.39 is 0 Å². The number of nitrogens with one attached hydrogen (secondary N) is 1. The van der Waals surface area contributed by atoms with Crippen molar-refractivity contribution in [1.82, 2.24) is 20.4 Å². The Morgan fingerprint density at radius 3 is 2.88 bits per heavy atom. The van der Waals surface area contributed by atoms with Crippen LogP contribution < -0.4 is 10.1 Å². The van der Waals surface area contributed by atoms with Gasteiger partial charge in [0.05, 0.1) is 7.11 Å². The molecule has 24 heavy (non-hydrogen) atoms. The molecule has 0 aliphatic heterocycles. The van der Waals surface area contributed by atoms with Crippen LogP contribution in [-0.4, -0.2) is 41.8 Å². The largest absolute Gasteiger partial charge is 0.497 e. The molecule has 2 aromatic rings. The van der Waals surface area contributed by atoms with Crippen LogP contribution in [-0.2, 0) is 13.0 Å². The van der Waals surface area contributed by atoms with Gasteiger partial charge in [-0.15, -0.1) is 0 Å². The first-order chi connectivity index (χ1) is 11.5. The van der Waals surface area contributed by atoms with E-state index in [9.17, 15) is 4.79 Å². The third-order valence-corrected chi connectivity index (χ3v) is 3.52. The van der Waals surface area contributed by atoms with Crippen molar-refractivity contribution < 1.29 is 14.1 Å². The SMILES string of the molecule is COc1cccc(CN(C)C(=O)NCCc2nc(C(C)C)no2)c1. The Hall–Kier alpha value is -2.57. The van der Waals surface area contributed by atoms with Crippen LogP contribution in [0.3, 0.4) is 0 Å². The summed E-state index contributed by atoms with van der Waals surface area (Å²) < 4.78 is 10.3. The lowest BCUT2D eigenvalue weighted by Gasteiger charge is -2.18. The Morgan fingerprint density at radius 1 is 1.42 bits per heavy atom. The van der Waals surface area contributed by atoms with Gasteiger partial charge in [0, 0.05) is 32.5 Å². The van der Waals surface area contributed by atoms with Gasteiger partial charge in [-0.2, -0.15) is 4.98 Å². The Balaban J connectivity index is 1.78. The van der Waals surface area contributed by atoms with Gasteiger partial charge >= 0.3 is 6.03 Å². The van der Waals surface area contributed by atoms with Crippen molar-refractivity contribution in [2.45, 2.75) is 32.7 Å². The van der Waals surface area contributed by atoms with Gasteiger partial charge in [0.2, 0.25) is 5.89 Å². The quantitative estimate of drug-likeness (QED) is 0.843. The standard InChI is InChI=1S/C17H24N4O3/c1-12(2)16-19-15(24-20-16)8-9-18-17(22)21(3)11-13-6-5-7-14(10-13)23-4/h5-7,10,12H,8-9,11H2,1-4H3,(H,18,22). The molecular formula is C17H24N4O3. The fourth-order valence-electron chi connectivity index (χ4n) is 2.13. The molecule has 2 rings (SSSR count). The van der Waals surface area contributed by atoms with Gasteiger partial charge in [-0.3, -0.25) is 0 Å². The number of ether oxygens (including phenoxy) is 1. The molecule has 0 saturated carbocycles. The summed E-state index contributed by atoms with van der Waals surface area (Å²) in [6.45, 7) is 4.95. The average molecular weight is 332 g/mol. The maximum atomic E-state index is 12.1. The summed E-state index contributed by atoms with van der Waals surface area (Å²) >= 11 is 0. The lowest BCUT2D eigenvalue weighted by molar-refractivity contribution is 0.206. The maximum Gasteiger partial charge on any atom is 0.317 e. The molecule has 0 aliphatic rings. The number of amides is 2. The van der Waals surface area contributed by atoms with E-state index in [1.165, 1.54) is 0 Å². The first kappa shape index (κ1) is 17.8. The molecule has 2 amide bonds. The number of carbonyl (C=O) groups excluding carboxylic acids is 1. The second-order valence-corrected chi connectivity index (χ2v) is 5.89. The number of methoxy groups -OCH3 is 1. The highest BCUT2D eigenvalue weighted by Crippen LogP contribution is 2.14. The molecule has 1 N–H and O–H groups in total. The molecule has 1 aromatic carbocycles. The smallest absolute Gasteiger partial charge is 0.317 e. The average Bonchev–Trinajstić information content (AvgIpc) is 3.04. The Kier molecular flexibility index (Phi) is 6.17. The van der Waals surface area contributed by atoms with Gasteiger partial charge in [0.25, 0.3) is 0 Å². The van der Waals surface area contributed by atoms with Gasteiger partial charge in [-0.25, -0.2) is 4.79 Å². The summed E-state index contributed by atoms with van der Waals surface area (Å²) in [5, 5.41) is 6.75. The molecule has 7 heteroatoms. The van der Waals surface area contributed by atoms with Crippen molar-refractivity contribution in [1.29, 1.82) is 0 Å². The zero-order valence-corrected chi connectivity index (χ0v) is 14.6. The van der Waals surface area contributed by atoms with Crippen LogP contribution in [0.15, 0.2) is 28.8 Å². The van der Waals surface area contributed by atoms with Gasteiger partial charge < -0.3 is 19.5 Å². The van der Waals surface area contributed by atoms with E-state index in [-0.39, 0.29) is 11.9 Å². The lowest BCUT2D eigenvalue weighted by Crippen LogP contribution is -2.37. The highest BCUT2D eigenvalue weighted by atomic mass is 16.5. The number of rotatable bonds is 7. The summed E-state index contributed by atoms with van der Waals surface area (Å²) in [5.74, 6) is 2.23. The van der Waals surface area contributed by atoms with Crippen LogP contribution in [0.5, 0.6) is 5.75 Å². The minimum absolute atomic E-state index is 0.151. The molecule has 1 aromatic heterocycles. The molecule has 0 saturated heterocycles. The highest BCUT2D eigenvalue weighted by molar-refractivity contribution is 5.73. The van der Waals surface area contributed by atoms with Gasteiger partial charge in [0.1, 0.15) is 5.75 Å². The van der Waals surface area contributed by atoms with Crippen molar-refractivity contribution >= 4 is 6.03 Å². The third kappa shape index (κ3) is 4.97. The minimum atomic E-state index is -0.151. The van der Waals surface area contributed by atoms with Crippen LogP contribution in [0.2, 0.25) is 0 Å². The molecule has 0 radical (unpaired) electrons. The van der Waals surface area contributed by atoms with Gasteiger partial charge in [0.15, 0.2) is 5.82 Å². The highest BCUT2D eigenvalue weighted by Gasteiger charge is 2.12. The molecule has 0 bridgehead atoms. The number of urea groups is 1. The van der Waals surface area contributed by atoms with Crippen molar-refractivity contribution in [3.8, 4) is 5.75 Å². The number of nitrogens with zero attached hydrogens (tertiary/aromatic N) is 3. The zero-order chi connectivity index (χ0) is 17.5. The molecule has 0 fully saturated rings. The first-order valence-corrected chi connectivity index (χ1v) is 7.94. The number of benzene rings is 1. The fraction of sp³-hybridized carbons (Fsp3) is 0.471. The van der Waals surface area contributed by atoms with Crippen LogP contribution in [0.25, 0.3) is 0 Å². The Bertz CT molecular complexity index is 669. The van der Waals surface area contributed by atoms with Crippen molar-refractivity contribution in [2.75, 3.05) is 20.7 Å². The lowest BCUT2D eigenvalue weighted by atomic mass is 10.2. The number of aromatic nitrogens is 2. The second kappa shape index (κ2) is 8.33. The molecule has 1 heterocycles. The topological polar surface area (TPSA) is 80.5 Å². The zero-order valence-electron chi connectivity index (χ0n) is 14.6. The van der Waals surface area contributed by atoms with E-state index >= 15 is 0 Å². The van der Waals surface area contributed by atoms with E-state index in [1.807, 2.05) is 38.1 Å². The van der Waals surface area contributed by atoms with E-state index in [1.54, 1.807) is 19.1 Å². The molecule has 0 aliphatic carbocycles. The summed E-state index contributed by atoms with van der Waals surface area (Å²) in [7, 11) is 3.37. The molecule has 0 spiro atoms. The number of hydrogen-bond acceptors (Lipinski definition) is 5. The molecule has 0 unspecified atom stereocenters. The minimum Gasteiger partial charge on any atom is -0.497 e. The van der Waals surface area contributed by atoms with Crippen molar-refractivity contribution in [2.24, 2.45) is 0 Å². The van der Waals surface area contributed by atoms with Gasteiger partial charge in [-0.05, 0) is 17.7 Å². The molecule has 130 valence electrons. The first-order valence-electron chi connectivity index (χ1n) is 7.94. The Morgan fingerprint density at radius 2 is 2.21 bits per heavy atom. The molecular weight excluding hydrogens is 308 g/mol. The number of carbonyl (C=O) groups is 1. The van der Waals surface area contributed by atoms with Gasteiger partial charge in [-0.1, -0.05) is 31.1 Å². The van der Waals surface area contributed by atoms with Crippen molar-refractivity contribution in [3.63, 3.8) is 0 Å². The van der Waals surface area contributed by atoms with E-state index in [0.717, 1.165) is 11.3 Å².